The third kappa shape index (κ3) is 3.64. The van der Waals surface area contributed by atoms with Gasteiger partial charge in [-0.05, 0) is 52.2 Å². The first-order valence-electron chi connectivity index (χ1n) is 8.70. The number of aromatic nitrogens is 1. The zero-order valence-corrected chi connectivity index (χ0v) is 14.7. The molecule has 2 aliphatic heterocycles. The number of nitrogens with zero attached hydrogens (tertiary/aromatic N) is 3. The lowest BCUT2D eigenvalue weighted by molar-refractivity contribution is 0.0214. The second kappa shape index (κ2) is 6.59. The van der Waals surface area contributed by atoms with Crippen LogP contribution in [0.5, 0.6) is 0 Å². The number of anilines is 1. The molecule has 2 atom stereocenters. The van der Waals surface area contributed by atoms with Gasteiger partial charge in [-0.2, -0.15) is 0 Å². The second-order valence-corrected chi connectivity index (χ2v) is 7.64. The largest absolute Gasteiger partial charge is 0.444 e. The van der Waals surface area contributed by atoms with Crippen LogP contribution in [0.3, 0.4) is 0 Å². The lowest BCUT2D eigenvalue weighted by Gasteiger charge is -2.35. The molecule has 6 nitrogen and oxygen atoms in total. The van der Waals surface area contributed by atoms with E-state index in [0.29, 0.717) is 12.6 Å². The van der Waals surface area contributed by atoms with Gasteiger partial charge in [-0.15, -0.1) is 0 Å². The molecule has 24 heavy (non-hydrogen) atoms. The lowest BCUT2D eigenvalue weighted by atomic mass is 10.2. The summed E-state index contributed by atoms with van der Waals surface area (Å²) in [6, 6.07) is 6.56. The monoisotopic (exact) mass is 333 g/mol. The Morgan fingerprint density at radius 3 is 2.75 bits per heavy atom. The van der Waals surface area contributed by atoms with Crippen LogP contribution in [0.2, 0.25) is 0 Å². The van der Waals surface area contributed by atoms with E-state index in [4.69, 9.17) is 14.8 Å². The van der Waals surface area contributed by atoms with Gasteiger partial charge in [-0.3, -0.25) is 0 Å². The molecule has 2 fully saturated rings. The molecule has 3 rings (SSSR count). The van der Waals surface area contributed by atoms with Gasteiger partial charge >= 0.3 is 6.09 Å². The molecule has 0 aliphatic carbocycles. The molecule has 1 aromatic rings. The van der Waals surface area contributed by atoms with Crippen LogP contribution in [0.1, 0.15) is 39.3 Å². The number of piperazine rings is 1. The number of amides is 1. The van der Waals surface area contributed by atoms with Gasteiger partial charge in [0.15, 0.2) is 0 Å². The molecule has 132 valence electrons. The average Bonchev–Trinajstić information content (AvgIpc) is 3.12. The number of pyridine rings is 1. The molecule has 3 heterocycles. The third-order valence-corrected chi connectivity index (χ3v) is 4.55. The van der Waals surface area contributed by atoms with Crippen LogP contribution in [-0.4, -0.2) is 58.5 Å². The van der Waals surface area contributed by atoms with Gasteiger partial charge in [0, 0.05) is 25.4 Å². The highest BCUT2D eigenvalue weighted by Gasteiger charge is 2.46. The summed E-state index contributed by atoms with van der Waals surface area (Å²) in [4.78, 5) is 21.2. The smallest absolute Gasteiger partial charge is 0.410 e. The van der Waals surface area contributed by atoms with Gasteiger partial charge in [0.1, 0.15) is 11.4 Å². The van der Waals surface area contributed by atoms with Gasteiger partial charge in [0.25, 0.3) is 0 Å². The minimum atomic E-state index is -0.457. The van der Waals surface area contributed by atoms with Gasteiger partial charge in [0.2, 0.25) is 0 Å². The van der Waals surface area contributed by atoms with Crippen LogP contribution < -0.4 is 4.90 Å². The molecular weight excluding hydrogens is 306 g/mol. The number of rotatable bonds is 4. The Labute approximate surface area is 143 Å². The van der Waals surface area contributed by atoms with Gasteiger partial charge in [0.05, 0.1) is 12.1 Å². The molecule has 2 unspecified atom stereocenters. The summed E-state index contributed by atoms with van der Waals surface area (Å²) in [5.41, 5.74) is 0.551. The Kier molecular flexibility index (Phi) is 4.67. The zero-order chi connectivity index (χ0) is 17.3. The summed E-state index contributed by atoms with van der Waals surface area (Å²) in [6.45, 7) is 7.38. The number of likely N-dealkylation sites (tertiary alicyclic amines) is 1. The van der Waals surface area contributed by atoms with Crippen molar-refractivity contribution in [1.82, 2.24) is 9.88 Å². The molecule has 1 aromatic heterocycles. The molecule has 2 bridgehead atoms. The van der Waals surface area contributed by atoms with E-state index in [1.165, 1.54) is 0 Å². The SMILES string of the molecule is CC(C)(C)OC(=O)N1CC2CC1CN2c1cccc(CCCO)n1. The van der Waals surface area contributed by atoms with Crippen molar-refractivity contribution in [3.63, 3.8) is 0 Å². The first-order valence-corrected chi connectivity index (χ1v) is 8.70. The molecule has 1 amide bonds. The van der Waals surface area contributed by atoms with E-state index in [0.717, 1.165) is 37.3 Å². The molecule has 0 aromatic carbocycles. The molecule has 1 N–H and O–H groups in total. The van der Waals surface area contributed by atoms with Crippen molar-refractivity contribution in [1.29, 1.82) is 0 Å². The van der Waals surface area contributed by atoms with E-state index < -0.39 is 5.60 Å². The Bertz CT molecular complexity index is 599. The van der Waals surface area contributed by atoms with Crippen LogP contribution in [0.4, 0.5) is 10.6 Å². The molecule has 0 radical (unpaired) electrons. The minimum Gasteiger partial charge on any atom is -0.444 e. The molecule has 2 saturated heterocycles. The van der Waals surface area contributed by atoms with Gasteiger partial charge < -0.3 is 19.6 Å². The van der Waals surface area contributed by atoms with E-state index >= 15 is 0 Å². The second-order valence-electron chi connectivity index (χ2n) is 7.64. The lowest BCUT2D eigenvalue weighted by Crippen LogP contribution is -2.50. The number of fused-ring (bicyclic) bond motifs is 2. The number of hydrogen-bond donors (Lipinski definition) is 1. The van der Waals surface area contributed by atoms with Crippen molar-refractivity contribution in [3.05, 3.63) is 23.9 Å². The average molecular weight is 333 g/mol. The van der Waals surface area contributed by atoms with E-state index in [-0.39, 0.29) is 18.7 Å². The topological polar surface area (TPSA) is 65.9 Å². The normalized spacial score (nSPS) is 23.0. The maximum Gasteiger partial charge on any atom is 0.410 e. The number of aliphatic hydroxyl groups excluding tert-OH is 1. The fraction of sp³-hybridized carbons (Fsp3) is 0.667. The van der Waals surface area contributed by atoms with Crippen molar-refractivity contribution in [2.45, 2.75) is 57.7 Å². The van der Waals surface area contributed by atoms with E-state index in [1.54, 1.807) is 0 Å². The summed E-state index contributed by atoms with van der Waals surface area (Å²) >= 11 is 0. The van der Waals surface area contributed by atoms with Crippen LogP contribution in [0, 0.1) is 0 Å². The molecular formula is C18H27N3O3. The summed E-state index contributed by atoms with van der Waals surface area (Å²) in [5, 5.41) is 8.97. The highest BCUT2D eigenvalue weighted by atomic mass is 16.6. The Hall–Kier alpha value is -1.82. The fourth-order valence-electron chi connectivity index (χ4n) is 3.52. The molecule has 6 heteroatoms. The highest BCUT2D eigenvalue weighted by molar-refractivity contribution is 5.70. The number of ether oxygens (including phenoxy) is 1. The molecule has 0 spiro atoms. The molecule has 2 aliphatic rings. The summed E-state index contributed by atoms with van der Waals surface area (Å²) in [5.74, 6) is 0.974. The number of carbonyl (C=O) groups excluding carboxylic acids is 1. The van der Waals surface area contributed by atoms with Crippen LogP contribution in [0.15, 0.2) is 18.2 Å². The predicted molar refractivity (Wildman–Crippen MR) is 92.1 cm³/mol. The maximum atomic E-state index is 12.3. The summed E-state index contributed by atoms with van der Waals surface area (Å²) < 4.78 is 5.51. The number of aryl methyl sites for hydroxylation is 1. The predicted octanol–water partition coefficient (Wildman–Crippen LogP) is 2.20. The van der Waals surface area contributed by atoms with Crippen molar-refractivity contribution in [2.75, 3.05) is 24.6 Å². The number of aliphatic hydroxyl groups is 1. The highest BCUT2D eigenvalue weighted by Crippen LogP contribution is 2.34. The zero-order valence-electron chi connectivity index (χ0n) is 14.7. The van der Waals surface area contributed by atoms with Gasteiger partial charge in [-0.25, -0.2) is 9.78 Å². The van der Waals surface area contributed by atoms with E-state index in [9.17, 15) is 4.79 Å². The first-order chi connectivity index (χ1) is 11.4. The standard InChI is InChI=1S/C18H27N3O3/c1-18(2,3)24-17(23)21-12-14-10-15(21)11-20(14)16-8-4-6-13(19-16)7-5-9-22/h4,6,8,14-15,22H,5,7,9-12H2,1-3H3. The van der Waals surface area contributed by atoms with Gasteiger partial charge in [-0.1, -0.05) is 6.07 Å². The van der Waals surface area contributed by atoms with Crippen molar-refractivity contribution >= 4 is 11.9 Å². The van der Waals surface area contributed by atoms with Crippen LogP contribution in [-0.2, 0) is 11.2 Å². The first kappa shape index (κ1) is 17.0. The van der Waals surface area contributed by atoms with E-state index in [1.807, 2.05) is 43.9 Å². The van der Waals surface area contributed by atoms with Crippen molar-refractivity contribution in [3.8, 4) is 0 Å². The summed E-state index contributed by atoms with van der Waals surface area (Å²) in [6.07, 6.45) is 2.28. The van der Waals surface area contributed by atoms with E-state index in [2.05, 4.69) is 4.90 Å². The Morgan fingerprint density at radius 2 is 2.12 bits per heavy atom. The van der Waals surface area contributed by atoms with Crippen LogP contribution >= 0.6 is 0 Å². The maximum absolute atomic E-state index is 12.3. The third-order valence-electron chi connectivity index (χ3n) is 4.55. The Morgan fingerprint density at radius 1 is 1.33 bits per heavy atom. The van der Waals surface area contributed by atoms with Crippen molar-refractivity contribution in [2.24, 2.45) is 0 Å². The minimum absolute atomic E-state index is 0.186. The summed E-state index contributed by atoms with van der Waals surface area (Å²) in [7, 11) is 0. The Balaban J connectivity index is 1.64. The van der Waals surface area contributed by atoms with Crippen molar-refractivity contribution < 1.29 is 14.6 Å². The number of hydrogen-bond acceptors (Lipinski definition) is 5. The number of carbonyl (C=O) groups is 1. The fourth-order valence-corrected chi connectivity index (χ4v) is 3.52. The van der Waals surface area contributed by atoms with Crippen LogP contribution in [0.25, 0.3) is 0 Å². The molecule has 0 saturated carbocycles. The quantitative estimate of drug-likeness (QED) is 0.915.